The van der Waals surface area contributed by atoms with Crippen molar-refractivity contribution in [2.24, 2.45) is 0 Å². The average molecular weight is 528 g/mol. The molecule has 11 heteroatoms. The molecule has 37 heavy (non-hydrogen) atoms. The topological polar surface area (TPSA) is 43.9 Å². The van der Waals surface area contributed by atoms with Gasteiger partial charge < -0.3 is 14.7 Å². The number of aryl methyl sites for hydroxylation is 1. The summed E-state index contributed by atoms with van der Waals surface area (Å²) in [5.74, 6) is 0.000974. The Labute approximate surface area is 210 Å². The minimum atomic E-state index is -4.99. The molecule has 4 rings (SSSR count). The zero-order chi connectivity index (χ0) is 27.3. The summed E-state index contributed by atoms with van der Waals surface area (Å²) < 4.78 is 80.4. The number of alkyl halides is 6. The number of hydrogen-bond acceptors (Lipinski definition) is 2. The first-order chi connectivity index (χ1) is 17.2. The number of amides is 3. The molecular weight excluding hydrogens is 500 g/mol. The van der Waals surface area contributed by atoms with Gasteiger partial charge in [-0.3, -0.25) is 4.79 Å². The van der Waals surface area contributed by atoms with Crippen LogP contribution in [-0.4, -0.2) is 52.8 Å². The van der Waals surface area contributed by atoms with Crippen molar-refractivity contribution in [1.82, 2.24) is 14.7 Å². The molecule has 5 nitrogen and oxygen atoms in total. The number of fused-ring (bicyclic) bond motifs is 1. The lowest BCUT2D eigenvalue weighted by Gasteiger charge is -2.47. The van der Waals surface area contributed by atoms with Crippen LogP contribution in [0, 0.1) is 6.92 Å². The summed E-state index contributed by atoms with van der Waals surface area (Å²) in [5.41, 5.74) is -1.38. The highest BCUT2D eigenvalue weighted by Crippen LogP contribution is 2.41. The zero-order valence-electron chi connectivity index (χ0n) is 20.5. The van der Waals surface area contributed by atoms with Crippen molar-refractivity contribution in [2.75, 3.05) is 20.1 Å². The van der Waals surface area contributed by atoms with Gasteiger partial charge in [0.2, 0.25) is 5.91 Å². The van der Waals surface area contributed by atoms with E-state index >= 15 is 0 Å². The highest BCUT2D eigenvalue weighted by atomic mass is 19.4. The Bertz CT molecular complexity index is 1160. The highest BCUT2D eigenvalue weighted by Gasteiger charge is 2.46. The van der Waals surface area contributed by atoms with Gasteiger partial charge in [0.15, 0.2) is 0 Å². The molecule has 0 spiro atoms. The van der Waals surface area contributed by atoms with Crippen LogP contribution in [0.2, 0.25) is 0 Å². The normalized spacial score (nSPS) is 21.2. The van der Waals surface area contributed by atoms with E-state index in [0.29, 0.717) is 31.5 Å². The number of carbonyl (C=O) groups is 2. The standard InChI is InChI=1S/C26H27F6N3O2/c1-15-6-4-5-7-20(15)23-21-8-9-22(36)34(21)10-11-35(23)24(37)33(3)16(2)17-12-18(25(27,28)29)14-19(13-17)26(30,31)32/h4-7,12-14,16,21,23H,8-11H2,1-3H3/t16-,21+,23+/m1/s1. The largest absolute Gasteiger partial charge is 0.416 e. The molecule has 3 amide bonds. The maximum absolute atomic E-state index is 13.7. The van der Waals surface area contributed by atoms with Crippen molar-refractivity contribution < 1.29 is 35.9 Å². The summed E-state index contributed by atoms with van der Waals surface area (Å²) in [5, 5.41) is 0. The molecule has 0 unspecified atom stereocenters. The number of carbonyl (C=O) groups excluding carboxylic acids is 2. The number of urea groups is 1. The van der Waals surface area contributed by atoms with Gasteiger partial charge in [-0.1, -0.05) is 24.3 Å². The van der Waals surface area contributed by atoms with E-state index in [1.807, 2.05) is 31.2 Å². The van der Waals surface area contributed by atoms with E-state index in [9.17, 15) is 35.9 Å². The molecule has 0 saturated carbocycles. The van der Waals surface area contributed by atoms with Crippen LogP contribution in [0.1, 0.15) is 59.7 Å². The fourth-order valence-electron chi connectivity index (χ4n) is 5.26. The number of nitrogens with zero attached hydrogens (tertiary/aromatic N) is 3. The molecule has 2 aliphatic rings. The Kier molecular flexibility index (Phi) is 6.94. The van der Waals surface area contributed by atoms with Crippen molar-refractivity contribution in [1.29, 1.82) is 0 Å². The van der Waals surface area contributed by atoms with Crippen LogP contribution >= 0.6 is 0 Å². The van der Waals surface area contributed by atoms with Crippen molar-refractivity contribution in [3.8, 4) is 0 Å². The maximum Gasteiger partial charge on any atom is 0.416 e. The van der Waals surface area contributed by atoms with Gasteiger partial charge in [-0.25, -0.2) is 4.79 Å². The van der Waals surface area contributed by atoms with Gasteiger partial charge in [0.25, 0.3) is 0 Å². The van der Waals surface area contributed by atoms with Crippen molar-refractivity contribution in [3.63, 3.8) is 0 Å². The van der Waals surface area contributed by atoms with Crippen LogP contribution in [0.4, 0.5) is 31.1 Å². The van der Waals surface area contributed by atoms with E-state index in [4.69, 9.17) is 0 Å². The summed E-state index contributed by atoms with van der Waals surface area (Å²) in [6, 6.07) is 6.44. The average Bonchev–Trinajstić information content (AvgIpc) is 3.22. The fraction of sp³-hybridized carbons (Fsp3) is 0.462. The third-order valence-corrected chi connectivity index (χ3v) is 7.38. The Morgan fingerprint density at radius 3 is 2.16 bits per heavy atom. The first-order valence-corrected chi connectivity index (χ1v) is 11.9. The minimum absolute atomic E-state index is 0.000974. The molecule has 0 aromatic heterocycles. The lowest BCUT2D eigenvalue weighted by molar-refractivity contribution is -0.143. The van der Waals surface area contributed by atoms with E-state index < -0.39 is 41.6 Å². The lowest BCUT2D eigenvalue weighted by Crippen LogP contribution is -2.57. The number of benzene rings is 2. The van der Waals surface area contributed by atoms with Gasteiger partial charge >= 0.3 is 18.4 Å². The molecule has 2 fully saturated rings. The van der Waals surface area contributed by atoms with Gasteiger partial charge in [-0.2, -0.15) is 26.3 Å². The number of piperazine rings is 1. The van der Waals surface area contributed by atoms with E-state index in [2.05, 4.69) is 0 Å². The molecule has 2 heterocycles. The van der Waals surface area contributed by atoms with Crippen LogP contribution in [0.15, 0.2) is 42.5 Å². The van der Waals surface area contributed by atoms with E-state index in [1.165, 1.54) is 14.0 Å². The molecule has 0 bridgehead atoms. The summed E-state index contributed by atoms with van der Waals surface area (Å²) in [7, 11) is 1.36. The van der Waals surface area contributed by atoms with Gasteiger partial charge in [0.05, 0.1) is 29.3 Å². The second kappa shape index (κ2) is 9.57. The first kappa shape index (κ1) is 26.8. The maximum atomic E-state index is 13.7. The van der Waals surface area contributed by atoms with Crippen LogP contribution < -0.4 is 0 Å². The molecule has 2 saturated heterocycles. The molecule has 2 aromatic carbocycles. The van der Waals surface area contributed by atoms with Gasteiger partial charge in [0.1, 0.15) is 0 Å². The Morgan fingerprint density at radius 1 is 1.00 bits per heavy atom. The second-order valence-corrected chi connectivity index (χ2v) is 9.60. The molecule has 200 valence electrons. The molecule has 0 N–H and O–H groups in total. The number of hydrogen-bond donors (Lipinski definition) is 0. The molecule has 0 radical (unpaired) electrons. The predicted molar refractivity (Wildman–Crippen MR) is 123 cm³/mol. The molecular formula is C26H27F6N3O2. The Balaban J connectivity index is 1.69. The molecule has 3 atom stereocenters. The molecule has 2 aromatic rings. The minimum Gasteiger partial charge on any atom is -0.335 e. The molecule has 2 aliphatic heterocycles. The first-order valence-electron chi connectivity index (χ1n) is 11.9. The van der Waals surface area contributed by atoms with Crippen LogP contribution in [-0.2, 0) is 17.1 Å². The van der Waals surface area contributed by atoms with Crippen molar-refractivity contribution >= 4 is 11.9 Å². The fourth-order valence-corrected chi connectivity index (χ4v) is 5.26. The Morgan fingerprint density at radius 2 is 1.59 bits per heavy atom. The summed E-state index contributed by atoms with van der Waals surface area (Å²) >= 11 is 0. The summed E-state index contributed by atoms with van der Waals surface area (Å²) in [4.78, 5) is 30.7. The monoisotopic (exact) mass is 527 g/mol. The quantitative estimate of drug-likeness (QED) is 0.447. The van der Waals surface area contributed by atoms with Gasteiger partial charge in [0, 0.05) is 26.6 Å². The van der Waals surface area contributed by atoms with E-state index in [-0.39, 0.29) is 30.1 Å². The van der Waals surface area contributed by atoms with Gasteiger partial charge in [-0.05, 0) is 55.2 Å². The second-order valence-electron chi connectivity index (χ2n) is 9.60. The van der Waals surface area contributed by atoms with Crippen LogP contribution in [0.3, 0.4) is 0 Å². The SMILES string of the molecule is Cc1ccccc1[C@H]1[C@@H]2CCC(=O)N2CCN1C(=O)N(C)[C@H](C)c1cc(C(F)(F)F)cc(C(F)(F)F)c1. The smallest absolute Gasteiger partial charge is 0.335 e. The number of rotatable bonds is 3. The summed E-state index contributed by atoms with van der Waals surface area (Å²) in [6.45, 7) is 3.78. The predicted octanol–water partition coefficient (Wildman–Crippen LogP) is 6.19. The summed E-state index contributed by atoms with van der Waals surface area (Å²) in [6.07, 6.45) is -9.08. The van der Waals surface area contributed by atoms with Gasteiger partial charge in [-0.15, -0.1) is 0 Å². The third-order valence-electron chi connectivity index (χ3n) is 7.38. The van der Waals surface area contributed by atoms with Crippen molar-refractivity contribution in [2.45, 2.75) is 57.2 Å². The molecule has 0 aliphatic carbocycles. The Hall–Kier alpha value is -3.24. The van der Waals surface area contributed by atoms with Crippen LogP contribution in [0.25, 0.3) is 0 Å². The third kappa shape index (κ3) is 5.13. The number of halogens is 6. The van der Waals surface area contributed by atoms with Crippen LogP contribution in [0.5, 0.6) is 0 Å². The van der Waals surface area contributed by atoms with Crippen molar-refractivity contribution in [3.05, 3.63) is 70.3 Å². The van der Waals surface area contributed by atoms with E-state index in [1.54, 1.807) is 9.80 Å². The highest BCUT2D eigenvalue weighted by molar-refractivity contribution is 5.81. The zero-order valence-corrected chi connectivity index (χ0v) is 20.5. The van der Waals surface area contributed by atoms with E-state index in [0.717, 1.165) is 16.0 Å². The lowest BCUT2D eigenvalue weighted by atomic mass is 9.91.